The smallest absolute Gasteiger partial charge is 0.307 e. The van der Waals surface area contributed by atoms with E-state index >= 15 is 0 Å². The second-order valence-electron chi connectivity index (χ2n) is 13.4. The third-order valence-electron chi connectivity index (χ3n) is 9.85. The summed E-state index contributed by atoms with van der Waals surface area (Å²) in [6, 6.07) is 72.7. The van der Waals surface area contributed by atoms with Gasteiger partial charge in [-0.15, -0.1) is 0 Å². The van der Waals surface area contributed by atoms with E-state index in [0.29, 0.717) is 17.6 Å². The molecule has 0 amide bonds. The van der Waals surface area contributed by atoms with E-state index in [0.717, 1.165) is 72.7 Å². The molecule has 0 N–H and O–H groups in total. The number of para-hydroxylation sites is 1. The highest BCUT2D eigenvalue weighted by atomic mass is 16.4. The van der Waals surface area contributed by atoms with Crippen LogP contribution in [-0.2, 0) is 0 Å². The minimum atomic E-state index is 0.471. The Morgan fingerprint density at radius 3 is 1.23 bits per heavy atom. The predicted octanol–water partition coefficient (Wildman–Crippen LogP) is 13.5. The van der Waals surface area contributed by atoms with Gasteiger partial charge in [0.05, 0.1) is 22.7 Å². The summed E-state index contributed by atoms with van der Waals surface area (Å²) in [5.41, 5.74) is 13.3. The van der Waals surface area contributed by atoms with Crippen LogP contribution in [0.1, 0.15) is 0 Å². The van der Waals surface area contributed by atoms with Crippen LogP contribution in [-0.4, -0.2) is 9.97 Å². The van der Waals surface area contributed by atoms with E-state index in [2.05, 4.69) is 121 Å². The monoisotopic (exact) mass is 720 g/mol. The Hall–Kier alpha value is -7.88. The van der Waals surface area contributed by atoms with Crippen molar-refractivity contribution in [3.63, 3.8) is 0 Å². The molecule has 10 rings (SSSR count). The van der Waals surface area contributed by atoms with Crippen LogP contribution < -0.4 is 9.80 Å². The molecule has 2 heterocycles. The molecule has 6 nitrogen and oxygen atoms in total. The van der Waals surface area contributed by atoms with Gasteiger partial charge in [0.25, 0.3) is 0 Å². The molecule has 10 aromatic rings. The lowest BCUT2D eigenvalue weighted by Crippen LogP contribution is -2.10. The van der Waals surface area contributed by atoms with Gasteiger partial charge in [0, 0.05) is 6.07 Å². The molecule has 8 aromatic carbocycles. The highest BCUT2D eigenvalue weighted by molar-refractivity contribution is 5.86. The predicted molar refractivity (Wildman–Crippen MR) is 225 cm³/mol. The molecule has 0 atom stereocenters. The van der Waals surface area contributed by atoms with Gasteiger partial charge in [-0.1, -0.05) is 127 Å². The van der Waals surface area contributed by atoms with Gasteiger partial charge >= 0.3 is 12.0 Å². The Morgan fingerprint density at radius 2 is 0.768 bits per heavy atom. The Bertz CT molecular complexity index is 2690. The molecule has 0 saturated heterocycles. The summed E-state index contributed by atoms with van der Waals surface area (Å²) in [5.74, 6) is 0. The normalized spacial score (nSPS) is 11.1. The van der Waals surface area contributed by atoms with E-state index in [1.54, 1.807) is 0 Å². The summed E-state index contributed by atoms with van der Waals surface area (Å²) in [5, 5.41) is 0. The van der Waals surface area contributed by atoms with Gasteiger partial charge < -0.3 is 8.83 Å². The van der Waals surface area contributed by atoms with Crippen molar-refractivity contribution >= 4 is 57.0 Å². The summed E-state index contributed by atoms with van der Waals surface area (Å²) in [4.78, 5) is 14.0. The van der Waals surface area contributed by atoms with E-state index < -0.39 is 0 Å². The van der Waals surface area contributed by atoms with Crippen molar-refractivity contribution in [1.82, 2.24) is 9.97 Å². The maximum Gasteiger partial charge on any atom is 0.307 e. The third-order valence-corrected chi connectivity index (χ3v) is 9.85. The van der Waals surface area contributed by atoms with E-state index in [1.165, 1.54) is 0 Å². The molecule has 0 saturated carbocycles. The fourth-order valence-electron chi connectivity index (χ4n) is 7.04. The fourth-order valence-corrected chi connectivity index (χ4v) is 7.04. The molecule has 0 radical (unpaired) electrons. The number of fused-ring (bicyclic) bond motifs is 2. The molecular formula is C50H32N4O2. The zero-order valence-electron chi connectivity index (χ0n) is 30.1. The minimum Gasteiger partial charge on any atom is -0.423 e. The molecule has 0 aliphatic rings. The van der Waals surface area contributed by atoms with Crippen molar-refractivity contribution in [3.8, 4) is 33.4 Å². The lowest BCUT2D eigenvalue weighted by Gasteiger charge is -2.21. The standard InChI is InChI=1S/C50H32N4O2/c1-5-13-35(14-6-1)39-25-31-47-45(33-39)51-49(55-47)53(41-17-9-3-10-18-41)43-27-21-37(22-28-43)38-23-29-44(30-24-38)54(42-19-11-4-12-20-42)50-52-46-34-40(26-32-48(46)56-50)36-15-7-2-8-16-36/h1-3,5-11,13-34H. The average molecular weight is 721 g/mol. The van der Waals surface area contributed by atoms with Crippen LogP contribution in [0.4, 0.5) is 34.8 Å². The molecule has 2 aromatic heterocycles. The molecule has 0 aliphatic heterocycles. The number of aromatic nitrogens is 2. The van der Waals surface area contributed by atoms with Gasteiger partial charge in [-0.25, -0.2) is 0 Å². The molecule has 56 heavy (non-hydrogen) atoms. The van der Waals surface area contributed by atoms with Gasteiger partial charge in [-0.05, 0) is 106 Å². The van der Waals surface area contributed by atoms with Gasteiger partial charge in [-0.2, -0.15) is 9.97 Å². The number of rotatable bonds is 9. The summed E-state index contributed by atoms with van der Waals surface area (Å²) < 4.78 is 12.8. The average Bonchev–Trinajstić information content (AvgIpc) is 3.89. The maximum absolute atomic E-state index is 6.39. The zero-order valence-corrected chi connectivity index (χ0v) is 30.1. The lowest BCUT2D eigenvalue weighted by molar-refractivity contribution is 0.608. The second-order valence-corrected chi connectivity index (χ2v) is 13.4. The summed E-state index contributed by atoms with van der Waals surface area (Å²) >= 11 is 0. The van der Waals surface area contributed by atoms with E-state index in [4.69, 9.17) is 18.8 Å². The molecule has 0 aliphatic carbocycles. The van der Waals surface area contributed by atoms with Gasteiger partial charge in [0.15, 0.2) is 11.2 Å². The van der Waals surface area contributed by atoms with E-state index in [9.17, 15) is 0 Å². The van der Waals surface area contributed by atoms with Gasteiger partial charge in [-0.3, -0.25) is 9.80 Å². The number of hydrogen-bond acceptors (Lipinski definition) is 6. The SMILES string of the molecule is c1ccc(N(c2ccc(-c3ccc(N(c4ccccc4)c4nc5cc(-c6ccccc6)ccc5o4)cc3)cc2)c2nc3cc(-c4ccccc4)ccc3o2)cc#1. The van der Waals surface area contributed by atoms with Crippen molar-refractivity contribution in [2.24, 2.45) is 0 Å². The van der Waals surface area contributed by atoms with Crippen LogP contribution in [0.25, 0.3) is 55.6 Å². The van der Waals surface area contributed by atoms with Crippen LogP contribution in [0.5, 0.6) is 0 Å². The van der Waals surface area contributed by atoms with Crippen molar-refractivity contribution in [1.29, 1.82) is 0 Å². The molecule has 0 fully saturated rings. The summed E-state index contributed by atoms with van der Waals surface area (Å²) in [7, 11) is 0. The molecule has 0 spiro atoms. The number of hydrogen-bond donors (Lipinski definition) is 0. The third kappa shape index (κ3) is 6.30. The molecule has 264 valence electrons. The number of anilines is 6. The van der Waals surface area contributed by atoms with Crippen LogP contribution in [0, 0.1) is 12.1 Å². The van der Waals surface area contributed by atoms with Crippen LogP contribution in [0.3, 0.4) is 0 Å². The first-order valence-corrected chi connectivity index (χ1v) is 18.4. The van der Waals surface area contributed by atoms with E-state index in [1.807, 2.05) is 94.7 Å². The first-order valence-electron chi connectivity index (χ1n) is 18.4. The Balaban J connectivity index is 0.960. The second kappa shape index (κ2) is 14.2. The number of benzene rings is 7. The Labute approximate surface area is 324 Å². The highest BCUT2D eigenvalue weighted by Gasteiger charge is 2.21. The number of oxazole rings is 2. The fraction of sp³-hybridized carbons (Fsp3) is 0. The van der Waals surface area contributed by atoms with Crippen molar-refractivity contribution in [2.45, 2.75) is 0 Å². The first kappa shape index (κ1) is 32.7. The summed E-state index contributed by atoms with van der Waals surface area (Å²) in [6.07, 6.45) is 0. The van der Waals surface area contributed by atoms with Crippen molar-refractivity contribution in [3.05, 3.63) is 206 Å². The van der Waals surface area contributed by atoms with Crippen LogP contribution >= 0.6 is 0 Å². The topological polar surface area (TPSA) is 58.5 Å². The van der Waals surface area contributed by atoms with Crippen LogP contribution in [0.15, 0.2) is 203 Å². The van der Waals surface area contributed by atoms with Gasteiger partial charge in [0.1, 0.15) is 11.0 Å². The maximum atomic E-state index is 6.39. The largest absolute Gasteiger partial charge is 0.423 e. The van der Waals surface area contributed by atoms with Crippen molar-refractivity contribution < 1.29 is 8.83 Å². The Kier molecular flexibility index (Phi) is 8.28. The molecule has 0 bridgehead atoms. The summed E-state index contributed by atoms with van der Waals surface area (Å²) in [6.45, 7) is 0. The quantitative estimate of drug-likeness (QED) is 0.148. The van der Waals surface area contributed by atoms with Crippen LogP contribution in [0.2, 0.25) is 0 Å². The molecule has 0 unspecified atom stereocenters. The van der Waals surface area contributed by atoms with Gasteiger partial charge in [0.2, 0.25) is 0 Å². The molecular weight excluding hydrogens is 689 g/mol. The number of nitrogens with zero attached hydrogens (tertiary/aromatic N) is 4. The highest BCUT2D eigenvalue weighted by Crippen LogP contribution is 2.40. The van der Waals surface area contributed by atoms with E-state index in [-0.39, 0.29) is 0 Å². The lowest BCUT2D eigenvalue weighted by atomic mass is 10.0. The first-order chi connectivity index (χ1) is 27.7. The minimum absolute atomic E-state index is 0.471. The Morgan fingerprint density at radius 1 is 0.357 bits per heavy atom. The zero-order chi connectivity index (χ0) is 37.3. The molecule has 6 heteroatoms. The van der Waals surface area contributed by atoms with Crippen molar-refractivity contribution in [2.75, 3.05) is 9.80 Å².